The van der Waals surface area contributed by atoms with Crippen LogP contribution in [0.15, 0.2) is 73.1 Å². The van der Waals surface area contributed by atoms with Crippen LogP contribution in [-0.2, 0) is 21.9 Å². The van der Waals surface area contributed by atoms with Gasteiger partial charge in [-0.25, -0.2) is 9.59 Å². The van der Waals surface area contributed by atoms with Crippen molar-refractivity contribution >= 4 is 92.8 Å². The molecule has 12 nitrogen and oxygen atoms in total. The van der Waals surface area contributed by atoms with Gasteiger partial charge in [-0.15, -0.1) is 0 Å². The maximum absolute atomic E-state index is 12.9. The number of halogens is 10. The Morgan fingerprint density at radius 1 is 0.560 bits per heavy atom. The molecule has 4 aliphatic rings. The van der Waals surface area contributed by atoms with Gasteiger partial charge in [0.25, 0.3) is 0 Å². The highest BCUT2D eigenvalue weighted by atomic mass is 35.5. The molecule has 8 rings (SSSR count). The number of aromatic nitrogens is 2. The molecule has 2 fully saturated rings. The van der Waals surface area contributed by atoms with Crippen molar-refractivity contribution in [2.45, 2.75) is 121 Å². The van der Waals surface area contributed by atoms with E-state index in [1.54, 1.807) is 24.5 Å². The minimum absolute atomic E-state index is 0.0320. The van der Waals surface area contributed by atoms with E-state index < -0.39 is 45.6 Å². The second kappa shape index (κ2) is 25.1. The molecule has 2 aromatic carbocycles. The summed E-state index contributed by atoms with van der Waals surface area (Å²) in [6.07, 6.45) is 8.67. The molecular weight excluding hydrogens is 1070 g/mol. The molecule has 4 heterocycles. The lowest BCUT2D eigenvalue weighted by molar-refractivity contribution is -0.138. The highest BCUT2D eigenvalue weighted by Gasteiger charge is 2.35. The number of hydrogen-bond acceptors (Lipinski definition) is 6. The molecule has 0 saturated heterocycles. The van der Waals surface area contributed by atoms with Crippen LogP contribution < -0.4 is 21.3 Å². The van der Waals surface area contributed by atoms with Crippen molar-refractivity contribution in [3.05, 3.63) is 127 Å². The first kappa shape index (κ1) is 57.2. The van der Waals surface area contributed by atoms with Gasteiger partial charge in [0, 0.05) is 62.0 Å². The fourth-order valence-electron chi connectivity index (χ4n) is 9.31. The van der Waals surface area contributed by atoms with Gasteiger partial charge in [0.2, 0.25) is 11.8 Å². The van der Waals surface area contributed by atoms with Gasteiger partial charge in [-0.2, -0.15) is 26.3 Å². The molecular formula is C53H56Cl4F6N8O4. The topological polar surface area (TPSA) is 149 Å². The summed E-state index contributed by atoms with van der Waals surface area (Å²) in [6.45, 7) is 4.95. The smallest absolute Gasteiger partial charge is 0.353 e. The number of nitrogens with zero attached hydrogens (tertiary/aromatic N) is 4. The van der Waals surface area contributed by atoms with E-state index in [9.17, 15) is 45.5 Å². The number of carbonyl (C=O) groups is 4. The van der Waals surface area contributed by atoms with Crippen LogP contribution in [0.1, 0.15) is 130 Å². The number of anilines is 2. The fraction of sp³-hybridized carbons (Fsp3) is 0.434. The van der Waals surface area contributed by atoms with Gasteiger partial charge >= 0.3 is 24.4 Å². The van der Waals surface area contributed by atoms with E-state index in [1.165, 1.54) is 22.3 Å². The number of pyridine rings is 2. The Morgan fingerprint density at radius 2 is 0.933 bits per heavy atom. The van der Waals surface area contributed by atoms with E-state index >= 15 is 0 Å². The van der Waals surface area contributed by atoms with Crippen LogP contribution in [0, 0.1) is 0 Å². The van der Waals surface area contributed by atoms with Crippen molar-refractivity contribution < 1.29 is 45.5 Å². The molecule has 2 saturated carbocycles. The molecule has 4 aromatic rings. The highest BCUT2D eigenvalue weighted by molar-refractivity contribution is 6.33. The van der Waals surface area contributed by atoms with E-state index in [2.05, 4.69) is 31.2 Å². The van der Waals surface area contributed by atoms with Gasteiger partial charge in [0.1, 0.15) is 0 Å². The molecule has 2 aromatic heterocycles. The van der Waals surface area contributed by atoms with Gasteiger partial charge in [0.05, 0.1) is 54.4 Å². The Morgan fingerprint density at radius 3 is 1.25 bits per heavy atom. The first-order chi connectivity index (χ1) is 35.5. The highest BCUT2D eigenvalue weighted by Crippen LogP contribution is 2.38. The molecule has 75 heavy (non-hydrogen) atoms. The van der Waals surface area contributed by atoms with Crippen LogP contribution in [0.2, 0.25) is 20.1 Å². The lowest BCUT2D eigenvalue weighted by Gasteiger charge is -2.27. The van der Waals surface area contributed by atoms with Crippen LogP contribution >= 0.6 is 46.4 Å². The monoisotopic (exact) mass is 1120 g/mol. The lowest BCUT2D eigenvalue weighted by Crippen LogP contribution is -2.38. The number of carbonyl (C=O) groups excluding carboxylic acids is 4. The zero-order valence-electron chi connectivity index (χ0n) is 41.0. The molecule has 2 aliphatic carbocycles. The number of benzene rings is 2. The molecule has 0 radical (unpaired) electrons. The predicted molar refractivity (Wildman–Crippen MR) is 280 cm³/mol. The average Bonchev–Trinajstić information content (AvgIpc) is 3.89. The van der Waals surface area contributed by atoms with Gasteiger partial charge in [-0.1, -0.05) is 90.7 Å². The minimum Gasteiger partial charge on any atom is -0.353 e. The molecule has 402 valence electrons. The van der Waals surface area contributed by atoms with Crippen molar-refractivity contribution in [2.75, 3.05) is 36.8 Å². The Bertz CT molecular complexity index is 2820. The van der Waals surface area contributed by atoms with Gasteiger partial charge in [-0.3, -0.25) is 19.6 Å². The number of hydrogen-bond donors (Lipinski definition) is 4. The summed E-state index contributed by atoms with van der Waals surface area (Å²) in [5, 5.41) is 11.3. The third-order valence-corrected chi connectivity index (χ3v) is 15.0. The maximum atomic E-state index is 12.9. The minimum atomic E-state index is -4.57. The van der Waals surface area contributed by atoms with Crippen molar-refractivity contribution in [1.82, 2.24) is 30.4 Å². The van der Waals surface area contributed by atoms with E-state index in [-0.39, 0.29) is 60.2 Å². The predicted octanol–water partition coefficient (Wildman–Crippen LogP) is 14.2. The zero-order chi connectivity index (χ0) is 54.2. The Hall–Kier alpha value is -5.56. The Balaban J connectivity index is 0.000000219. The molecule has 22 heteroatoms. The van der Waals surface area contributed by atoms with Crippen molar-refractivity contribution in [1.29, 1.82) is 0 Å². The molecule has 2 aliphatic heterocycles. The number of alkyl halides is 6. The van der Waals surface area contributed by atoms with Crippen molar-refractivity contribution in [3.63, 3.8) is 0 Å². The first-order valence-corrected chi connectivity index (χ1v) is 26.2. The normalized spacial score (nSPS) is 17.4. The third kappa shape index (κ3) is 15.1. The summed E-state index contributed by atoms with van der Waals surface area (Å²) in [4.78, 5) is 62.7. The summed E-state index contributed by atoms with van der Waals surface area (Å²) >= 11 is 24.6. The van der Waals surface area contributed by atoms with Crippen LogP contribution in [-0.4, -0.2) is 81.9 Å². The van der Waals surface area contributed by atoms with E-state index in [0.29, 0.717) is 47.4 Å². The van der Waals surface area contributed by atoms with Gasteiger partial charge in [-0.05, 0) is 123 Å². The van der Waals surface area contributed by atoms with Gasteiger partial charge < -0.3 is 31.1 Å². The standard InChI is InChI=1S/C27H29Cl2F3N4O2.C26H27Cl2F3N4O2/c1-16(25(37)34-19-5-3-2-4-6-19)18-13-23(29)24(33-15-18)17-9-11-36(12-10-17)26(38)35-20-7-8-21(22(28)14-20)27(30,31)32;1-15(24(36)33-18-4-2-3-5-18)17-12-22(28)23(32-14-17)16-8-10-35(11-9-16)25(37)34-19-6-7-20(21(27)13-19)26(29,30)31/h7-9,13-16,19H,2-6,10-12H2,1H3,(H,34,37)(H,35,38);6-8,12-15,18H,2-5,9-11H2,1H3,(H,33,36)(H,34,37). The number of nitrogens with one attached hydrogen (secondary N) is 4. The van der Waals surface area contributed by atoms with Crippen molar-refractivity contribution in [3.8, 4) is 0 Å². The summed E-state index contributed by atoms with van der Waals surface area (Å²) in [7, 11) is 0. The van der Waals surface area contributed by atoms with Crippen LogP contribution in [0.5, 0.6) is 0 Å². The summed E-state index contributed by atoms with van der Waals surface area (Å²) in [6, 6.07) is 9.24. The lowest BCUT2D eigenvalue weighted by atomic mass is 9.94. The van der Waals surface area contributed by atoms with Crippen LogP contribution in [0.3, 0.4) is 0 Å². The van der Waals surface area contributed by atoms with E-state index in [1.807, 2.05) is 26.0 Å². The van der Waals surface area contributed by atoms with Gasteiger partial charge in [0.15, 0.2) is 0 Å². The van der Waals surface area contributed by atoms with E-state index in [4.69, 9.17) is 46.4 Å². The Labute approximate surface area is 451 Å². The number of rotatable bonds is 10. The molecule has 2 unspecified atom stereocenters. The fourth-order valence-corrected chi connectivity index (χ4v) is 10.5. The summed E-state index contributed by atoms with van der Waals surface area (Å²) < 4.78 is 77.4. The molecule has 0 bridgehead atoms. The van der Waals surface area contributed by atoms with Crippen LogP contribution in [0.25, 0.3) is 11.1 Å². The summed E-state index contributed by atoms with van der Waals surface area (Å²) in [5.74, 6) is -0.826. The SMILES string of the molecule is CC(C(=O)NC1CCCC1)c1cnc(C2=CCN(C(=O)Nc3ccc(C(F)(F)F)c(Cl)c3)CC2)c(Cl)c1.CC(C(=O)NC1CCCCC1)c1cnc(C2=CCN(C(=O)Nc3ccc(C(F)(F)F)c(Cl)c3)CC2)c(Cl)c1. The number of urea groups is 2. The zero-order valence-corrected chi connectivity index (χ0v) is 44.1. The quantitative estimate of drug-likeness (QED) is 0.116. The maximum Gasteiger partial charge on any atom is 0.417 e. The van der Waals surface area contributed by atoms with Crippen LogP contribution in [0.4, 0.5) is 47.3 Å². The largest absolute Gasteiger partial charge is 0.417 e. The second-order valence-electron chi connectivity index (χ2n) is 19.1. The molecule has 6 amide bonds. The first-order valence-electron chi connectivity index (χ1n) is 24.7. The molecule has 2 atom stereocenters. The third-order valence-electron chi connectivity index (χ3n) is 13.8. The average molecular weight is 1120 g/mol. The Kier molecular flexibility index (Phi) is 19.1. The summed E-state index contributed by atoms with van der Waals surface area (Å²) in [5.41, 5.74) is 2.84. The molecule has 4 N–H and O–H groups in total. The number of amides is 6. The second-order valence-corrected chi connectivity index (χ2v) is 20.7. The van der Waals surface area contributed by atoms with E-state index in [0.717, 1.165) is 104 Å². The molecule has 0 spiro atoms. The van der Waals surface area contributed by atoms with Crippen molar-refractivity contribution in [2.24, 2.45) is 0 Å².